The van der Waals surface area contributed by atoms with Crippen molar-refractivity contribution in [2.45, 2.75) is 12.5 Å². The predicted molar refractivity (Wildman–Crippen MR) is 105 cm³/mol. The second-order valence-corrected chi connectivity index (χ2v) is 6.83. The predicted octanol–water partition coefficient (Wildman–Crippen LogP) is 2.48. The summed E-state index contributed by atoms with van der Waals surface area (Å²) >= 11 is 5.95. The molecule has 2 atom stereocenters. The van der Waals surface area contributed by atoms with Gasteiger partial charge in [-0.15, -0.1) is 0 Å². The Morgan fingerprint density at radius 2 is 1.89 bits per heavy atom. The van der Waals surface area contributed by atoms with Crippen LogP contribution in [0.15, 0.2) is 42.5 Å². The summed E-state index contributed by atoms with van der Waals surface area (Å²) < 4.78 is 10.6. The molecular weight excluding hydrogens is 366 g/mol. The van der Waals surface area contributed by atoms with Crippen molar-refractivity contribution < 1.29 is 14.3 Å². The fourth-order valence-corrected chi connectivity index (χ4v) is 3.35. The Kier molecular flexibility index (Phi) is 6.55. The fraction of sp³-hybridized carbons (Fsp3) is 0.350. The maximum atomic E-state index is 12.6. The third-order valence-electron chi connectivity index (χ3n) is 4.71. The summed E-state index contributed by atoms with van der Waals surface area (Å²) in [7, 11) is 3.22. The van der Waals surface area contributed by atoms with E-state index in [1.807, 2.05) is 42.5 Å². The summed E-state index contributed by atoms with van der Waals surface area (Å²) in [5, 5.41) is 3.71. The Bertz CT molecular complexity index is 783. The summed E-state index contributed by atoms with van der Waals surface area (Å²) in [6.45, 7) is 1.13. The lowest BCUT2D eigenvalue weighted by atomic mass is 9.94. The SMILES string of the molecule is COc1ccc(CCNC(=O)C2CNNC2c2ccc(Cl)cc2)cc1OC. The van der Waals surface area contributed by atoms with Crippen LogP contribution in [0.3, 0.4) is 0 Å². The number of methoxy groups -OCH3 is 2. The van der Waals surface area contributed by atoms with E-state index < -0.39 is 0 Å². The summed E-state index contributed by atoms with van der Waals surface area (Å²) in [6, 6.07) is 13.3. The van der Waals surface area contributed by atoms with E-state index in [1.165, 1.54) is 0 Å². The number of hydrogen-bond donors (Lipinski definition) is 3. The first-order chi connectivity index (χ1) is 13.1. The number of ether oxygens (including phenoxy) is 2. The number of halogens is 1. The molecule has 3 rings (SSSR count). The minimum Gasteiger partial charge on any atom is -0.493 e. The first kappa shape index (κ1) is 19.5. The van der Waals surface area contributed by atoms with Gasteiger partial charge in [-0.25, -0.2) is 5.43 Å². The van der Waals surface area contributed by atoms with E-state index in [-0.39, 0.29) is 17.9 Å². The highest BCUT2D eigenvalue weighted by Crippen LogP contribution is 2.28. The van der Waals surface area contributed by atoms with Gasteiger partial charge in [0.1, 0.15) is 0 Å². The average molecular weight is 390 g/mol. The molecule has 0 aromatic heterocycles. The Balaban J connectivity index is 1.56. The smallest absolute Gasteiger partial charge is 0.226 e. The Morgan fingerprint density at radius 3 is 2.59 bits per heavy atom. The van der Waals surface area contributed by atoms with Gasteiger partial charge >= 0.3 is 0 Å². The highest BCUT2D eigenvalue weighted by molar-refractivity contribution is 6.30. The van der Waals surface area contributed by atoms with Gasteiger partial charge in [0.2, 0.25) is 5.91 Å². The van der Waals surface area contributed by atoms with Crippen LogP contribution in [-0.4, -0.2) is 33.2 Å². The van der Waals surface area contributed by atoms with Crippen LogP contribution >= 0.6 is 11.6 Å². The molecule has 27 heavy (non-hydrogen) atoms. The van der Waals surface area contributed by atoms with Crippen LogP contribution in [0.1, 0.15) is 17.2 Å². The van der Waals surface area contributed by atoms with Crippen LogP contribution in [0.4, 0.5) is 0 Å². The summed E-state index contributed by atoms with van der Waals surface area (Å²) in [6.07, 6.45) is 0.714. The van der Waals surface area contributed by atoms with E-state index >= 15 is 0 Å². The Morgan fingerprint density at radius 1 is 1.15 bits per heavy atom. The van der Waals surface area contributed by atoms with E-state index in [2.05, 4.69) is 16.2 Å². The first-order valence-corrected chi connectivity index (χ1v) is 9.22. The molecule has 1 aliphatic heterocycles. The molecule has 1 heterocycles. The maximum Gasteiger partial charge on any atom is 0.226 e. The topological polar surface area (TPSA) is 71.6 Å². The molecule has 1 saturated heterocycles. The highest BCUT2D eigenvalue weighted by atomic mass is 35.5. The van der Waals surface area contributed by atoms with E-state index in [9.17, 15) is 4.79 Å². The van der Waals surface area contributed by atoms with Crippen LogP contribution in [-0.2, 0) is 11.2 Å². The molecule has 0 saturated carbocycles. The van der Waals surface area contributed by atoms with Crippen LogP contribution in [0.2, 0.25) is 5.02 Å². The molecule has 2 aromatic carbocycles. The first-order valence-electron chi connectivity index (χ1n) is 8.85. The molecule has 0 aliphatic carbocycles. The van der Waals surface area contributed by atoms with Crippen molar-refractivity contribution in [3.8, 4) is 11.5 Å². The van der Waals surface area contributed by atoms with Crippen LogP contribution in [0, 0.1) is 5.92 Å². The lowest BCUT2D eigenvalue weighted by Crippen LogP contribution is -2.36. The van der Waals surface area contributed by atoms with Gasteiger partial charge < -0.3 is 14.8 Å². The quantitative estimate of drug-likeness (QED) is 0.678. The van der Waals surface area contributed by atoms with Gasteiger partial charge in [-0.3, -0.25) is 10.2 Å². The summed E-state index contributed by atoms with van der Waals surface area (Å²) in [4.78, 5) is 12.6. The third-order valence-corrected chi connectivity index (χ3v) is 4.96. The molecule has 6 nitrogen and oxygen atoms in total. The number of carbonyl (C=O) groups excluding carboxylic acids is 1. The van der Waals surface area contributed by atoms with Gasteiger partial charge in [0.15, 0.2) is 11.5 Å². The number of hydrogen-bond acceptors (Lipinski definition) is 5. The molecule has 0 bridgehead atoms. The molecule has 3 N–H and O–H groups in total. The van der Waals surface area contributed by atoms with Crippen molar-refractivity contribution in [1.29, 1.82) is 0 Å². The van der Waals surface area contributed by atoms with Gasteiger partial charge in [-0.05, 0) is 41.8 Å². The Hall–Kier alpha value is -2.28. The zero-order valence-electron chi connectivity index (χ0n) is 15.4. The van der Waals surface area contributed by atoms with Crippen molar-refractivity contribution in [2.75, 3.05) is 27.3 Å². The number of benzene rings is 2. The average Bonchev–Trinajstić information content (AvgIpc) is 3.18. The van der Waals surface area contributed by atoms with Crippen molar-refractivity contribution >= 4 is 17.5 Å². The van der Waals surface area contributed by atoms with Gasteiger partial charge in [0.25, 0.3) is 0 Å². The number of carbonyl (C=O) groups is 1. The molecule has 0 spiro atoms. The molecule has 144 valence electrons. The van der Waals surface area contributed by atoms with E-state index in [4.69, 9.17) is 21.1 Å². The zero-order chi connectivity index (χ0) is 19.2. The lowest BCUT2D eigenvalue weighted by molar-refractivity contribution is -0.124. The second-order valence-electron chi connectivity index (χ2n) is 6.39. The zero-order valence-corrected chi connectivity index (χ0v) is 16.2. The largest absolute Gasteiger partial charge is 0.493 e. The lowest BCUT2D eigenvalue weighted by Gasteiger charge is -2.18. The maximum absolute atomic E-state index is 12.6. The van der Waals surface area contributed by atoms with Crippen molar-refractivity contribution in [3.05, 3.63) is 58.6 Å². The molecule has 7 heteroatoms. The van der Waals surface area contributed by atoms with Gasteiger partial charge in [-0.2, -0.15) is 0 Å². The van der Waals surface area contributed by atoms with Crippen molar-refractivity contribution in [3.63, 3.8) is 0 Å². The van der Waals surface area contributed by atoms with Crippen molar-refractivity contribution in [2.24, 2.45) is 5.92 Å². The van der Waals surface area contributed by atoms with Crippen molar-refractivity contribution in [1.82, 2.24) is 16.2 Å². The fourth-order valence-electron chi connectivity index (χ4n) is 3.22. The summed E-state index contributed by atoms with van der Waals surface area (Å²) in [5.74, 6) is 1.22. The molecule has 2 unspecified atom stereocenters. The van der Waals surface area contributed by atoms with E-state index in [1.54, 1.807) is 14.2 Å². The molecule has 2 aromatic rings. The van der Waals surface area contributed by atoms with Crippen LogP contribution < -0.4 is 25.6 Å². The molecule has 0 radical (unpaired) electrons. The standard InChI is InChI=1S/C20H24ClN3O3/c1-26-17-8-3-13(11-18(17)27-2)9-10-22-20(25)16-12-23-24-19(16)14-4-6-15(21)7-5-14/h3-8,11,16,19,23-24H,9-10,12H2,1-2H3,(H,22,25). The monoisotopic (exact) mass is 389 g/mol. The molecule has 1 amide bonds. The molecule has 1 fully saturated rings. The normalized spacial score (nSPS) is 18.9. The highest BCUT2D eigenvalue weighted by Gasteiger charge is 2.33. The number of amides is 1. The number of nitrogens with one attached hydrogen (secondary N) is 3. The molecule has 1 aliphatic rings. The minimum atomic E-state index is -0.184. The van der Waals surface area contributed by atoms with E-state index in [0.29, 0.717) is 36.0 Å². The van der Waals surface area contributed by atoms with Crippen LogP contribution in [0.25, 0.3) is 0 Å². The minimum absolute atomic E-state index is 0.0212. The van der Waals surface area contributed by atoms with Gasteiger partial charge in [0, 0.05) is 18.1 Å². The number of rotatable bonds is 7. The number of hydrazine groups is 1. The van der Waals surface area contributed by atoms with Gasteiger partial charge in [0.05, 0.1) is 26.2 Å². The van der Waals surface area contributed by atoms with E-state index in [0.717, 1.165) is 11.1 Å². The second kappa shape index (κ2) is 9.08. The van der Waals surface area contributed by atoms with Gasteiger partial charge in [-0.1, -0.05) is 29.8 Å². The van der Waals surface area contributed by atoms with Crippen LogP contribution in [0.5, 0.6) is 11.5 Å². The third kappa shape index (κ3) is 4.71. The molecular formula is C20H24ClN3O3. The Labute approximate surface area is 164 Å². The summed E-state index contributed by atoms with van der Waals surface area (Å²) in [5.41, 5.74) is 8.36.